The molecule has 0 amide bonds. The van der Waals surface area contributed by atoms with Crippen molar-refractivity contribution in [3.8, 4) is 0 Å². The molecular formula is C17H15N3O. The average Bonchev–Trinajstić information content (AvgIpc) is 2.55. The molecule has 1 aromatic carbocycles. The highest BCUT2D eigenvalue weighted by Crippen LogP contribution is 2.16. The summed E-state index contributed by atoms with van der Waals surface area (Å²) in [5, 5.41) is 0. The third-order valence-electron chi connectivity index (χ3n) is 3.43. The van der Waals surface area contributed by atoms with Crippen molar-refractivity contribution in [3.63, 3.8) is 0 Å². The SMILES string of the molecule is CCc1ccc(CC(=O)c2cccc3nccnc23)nc1. The zero-order valence-corrected chi connectivity index (χ0v) is 11.8. The summed E-state index contributed by atoms with van der Waals surface area (Å²) in [5.74, 6) is 0.0119. The summed E-state index contributed by atoms with van der Waals surface area (Å²) in [7, 11) is 0. The number of aromatic nitrogens is 3. The number of para-hydroxylation sites is 1. The molecule has 0 atom stereocenters. The summed E-state index contributed by atoms with van der Waals surface area (Å²) in [5.41, 5.74) is 3.93. The van der Waals surface area contributed by atoms with Crippen molar-refractivity contribution in [1.29, 1.82) is 0 Å². The van der Waals surface area contributed by atoms with Crippen molar-refractivity contribution in [2.24, 2.45) is 0 Å². The maximum absolute atomic E-state index is 12.5. The zero-order chi connectivity index (χ0) is 14.7. The van der Waals surface area contributed by atoms with Gasteiger partial charge in [-0.05, 0) is 30.2 Å². The molecule has 0 fully saturated rings. The van der Waals surface area contributed by atoms with Crippen molar-refractivity contribution in [3.05, 3.63) is 65.7 Å². The Kier molecular flexibility index (Phi) is 3.69. The molecule has 0 aliphatic carbocycles. The fourth-order valence-electron chi connectivity index (χ4n) is 2.25. The van der Waals surface area contributed by atoms with E-state index >= 15 is 0 Å². The van der Waals surface area contributed by atoms with Gasteiger partial charge in [0.05, 0.1) is 17.5 Å². The molecule has 0 unspecified atom stereocenters. The first kappa shape index (κ1) is 13.4. The molecule has 4 nitrogen and oxygen atoms in total. The lowest BCUT2D eigenvalue weighted by Gasteiger charge is -2.05. The van der Waals surface area contributed by atoms with Crippen LogP contribution in [0.5, 0.6) is 0 Å². The maximum Gasteiger partial charge on any atom is 0.171 e. The van der Waals surface area contributed by atoms with Gasteiger partial charge in [-0.3, -0.25) is 19.7 Å². The fourth-order valence-corrected chi connectivity index (χ4v) is 2.25. The van der Waals surface area contributed by atoms with E-state index in [4.69, 9.17) is 0 Å². The lowest BCUT2D eigenvalue weighted by atomic mass is 10.0. The summed E-state index contributed by atoms with van der Waals surface area (Å²) in [6.45, 7) is 2.08. The van der Waals surface area contributed by atoms with Gasteiger partial charge in [0, 0.05) is 29.8 Å². The van der Waals surface area contributed by atoms with Gasteiger partial charge in [-0.15, -0.1) is 0 Å². The number of carbonyl (C=O) groups excluding carboxylic acids is 1. The average molecular weight is 277 g/mol. The van der Waals surface area contributed by atoms with Crippen LogP contribution in [0.4, 0.5) is 0 Å². The Balaban J connectivity index is 1.90. The highest BCUT2D eigenvalue weighted by molar-refractivity contribution is 6.06. The van der Waals surface area contributed by atoms with Crippen molar-refractivity contribution in [2.45, 2.75) is 19.8 Å². The summed E-state index contributed by atoms with van der Waals surface area (Å²) in [6.07, 6.45) is 6.28. The number of hydrogen-bond acceptors (Lipinski definition) is 4. The van der Waals surface area contributed by atoms with E-state index in [-0.39, 0.29) is 12.2 Å². The summed E-state index contributed by atoms with van der Waals surface area (Å²) in [4.78, 5) is 25.3. The first-order valence-corrected chi connectivity index (χ1v) is 6.94. The number of rotatable bonds is 4. The van der Waals surface area contributed by atoms with E-state index in [2.05, 4.69) is 21.9 Å². The normalized spacial score (nSPS) is 10.7. The van der Waals surface area contributed by atoms with Crippen LogP contribution in [0.2, 0.25) is 0 Å². The maximum atomic E-state index is 12.5. The molecule has 2 aromatic heterocycles. The number of carbonyl (C=O) groups is 1. The third kappa shape index (κ3) is 2.79. The number of nitrogens with zero attached hydrogens (tertiary/aromatic N) is 3. The molecule has 0 radical (unpaired) electrons. The van der Waals surface area contributed by atoms with Crippen LogP contribution in [0.25, 0.3) is 11.0 Å². The monoisotopic (exact) mass is 277 g/mol. The Hall–Kier alpha value is -2.62. The van der Waals surface area contributed by atoms with E-state index < -0.39 is 0 Å². The van der Waals surface area contributed by atoms with E-state index in [9.17, 15) is 4.79 Å². The molecule has 0 saturated heterocycles. The Labute approximate surface area is 122 Å². The van der Waals surface area contributed by atoms with Crippen molar-refractivity contribution in [1.82, 2.24) is 15.0 Å². The molecule has 4 heteroatoms. The molecule has 3 aromatic rings. The number of pyridine rings is 1. The summed E-state index contributed by atoms with van der Waals surface area (Å²) in [6, 6.07) is 9.40. The van der Waals surface area contributed by atoms with Gasteiger partial charge >= 0.3 is 0 Å². The van der Waals surface area contributed by atoms with E-state index in [0.717, 1.165) is 17.6 Å². The van der Waals surface area contributed by atoms with E-state index in [1.165, 1.54) is 5.56 Å². The smallest absolute Gasteiger partial charge is 0.171 e. The molecular weight excluding hydrogens is 262 g/mol. The van der Waals surface area contributed by atoms with Gasteiger partial charge in [0.25, 0.3) is 0 Å². The van der Waals surface area contributed by atoms with Gasteiger partial charge in [-0.1, -0.05) is 19.1 Å². The van der Waals surface area contributed by atoms with Gasteiger partial charge in [0.15, 0.2) is 5.78 Å². The molecule has 104 valence electrons. The van der Waals surface area contributed by atoms with Crippen LogP contribution in [0.1, 0.15) is 28.5 Å². The number of aryl methyl sites for hydroxylation is 1. The number of benzene rings is 1. The van der Waals surface area contributed by atoms with Crippen LogP contribution in [-0.4, -0.2) is 20.7 Å². The minimum Gasteiger partial charge on any atom is -0.294 e. The predicted molar refractivity (Wildman–Crippen MR) is 81.2 cm³/mol. The van der Waals surface area contributed by atoms with E-state index in [1.807, 2.05) is 30.5 Å². The molecule has 0 aliphatic heterocycles. The minimum absolute atomic E-state index is 0.0119. The van der Waals surface area contributed by atoms with Crippen LogP contribution in [-0.2, 0) is 12.8 Å². The van der Waals surface area contributed by atoms with E-state index in [0.29, 0.717) is 11.1 Å². The standard InChI is InChI=1S/C17H15N3O/c1-2-12-6-7-13(20-11-12)10-16(21)14-4-3-5-15-17(14)19-9-8-18-15/h3-9,11H,2,10H2,1H3. The second-order valence-electron chi connectivity index (χ2n) is 4.84. The molecule has 21 heavy (non-hydrogen) atoms. The highest BCUT2D eigenvalue weighted by atomic mass is 16.1. The topological polar surface area (TPSA) is 55.7 Å². The van der Waals surface area contributed by atoms with Gasteiger partial charge in [0.2, 0.25) is 0 Å². The quantitative estimate of drug-likeness (QED) is 0.688. The highest BCUT2D eigenvalue weighted by Gasteiger charge is 2.12. The summed E-state index contributed by atoms with van der Waals surface area (Å²) >= 11 is 0. The lowest BCUT2D eigenvalue weighted by molar-refractivity contribution is 0.0993. The number of ketones is 1. The Bertz CT molecular complexity index is 776. The van der Waals surface area contributed by atoms with Crippen molar-refractivity contribution in [2.75, 3.05) is 0 Å². The van der Waals surface area contributed by atoms with Gasteiger partial charge in [-0.25, -0.2) is 0 Å². The molecule has 3 rings (SSSR count). The van der Waals surface area contributed by atoms with Crippen LogP contribution < -0.4 is 0 Å². The number of Topliss-reactive ketones (excluding diaryl/α,β-unsaturated/α-hetero) is 1. The summed E-state index contributed by atoms with van der Waals surface area (Å²) < 4.78 is 0. The van der Waals surface area contributed by atoms with Crippen LogP contribution in [0.15, 0.2) is 48.9 Å². The Morgan fingerprint density at radius 1 is 1.05 bits per heavy atom. The van der Waals surface area contributed by atoms with Crippen LogP contribution >= 0.6 is 0 Å². The van der Waals surface area contributed by atoms with Crippen molar-refractivity contribution >= 4 is 16.8 Å². The van der Waals surface area contributed by atoms with Gasteiger partial charge in [-0.2, -0.15) is 0 Å². The molecule has 0 N–H and O–H groups in total. The molecule has 0 aliphatic rings. The Morgan fingerprint density at radius 2 is 1.90 bits per heavy atom. The molecule has 0 saturated carbocycles. The predicted octanol–water partition coefficient (Wildman–Crippen LogP) is 3.01. The number of hydrogen-bond donors (Lipinski definition) is 0. The van der Waals surface area contributed by atoms with Crippen LogP contribution in [0.3, 0.4) is 0 Å². The van der Waals surface area contributed by atoms with Crippen LogP contribution in [0, 0.1) is 0 Å². The minimum atomic E-state index is 0.0119. The second kappa shape index (κ2) is 5.79. The third-order valence-corrected chi connectivity index (χ3v) is 3.43. The Morgan fingerprint density at radius 3 is 2.67 bits per heavy atom. The van der Waals surface area contributed by atoms with Gasteiger partial charge < -0.3 is 0 Å². The number of fused-ring (bicyclic) bond motifs is 1. The molecule has 0 bridgehead atoms. The largest absolute Gasteiger partial charge is 0.294 e. The first-order valence-electron chi connectivity index (χ1n) is 6.94. The second-order valence-corrected chi connectivity index (χ2v) is 4.84. The first-order chi connectivity index (χ1) is 10.3. The molecule has 2 heterocycles. The van der Waals surface area contributed by atoms with E-state index in [1.54, 1.807) is 18.5 Å². The van der Waals surface area contributed by atoms with Gasteiger partial charge in [0.1, 0.15) is 0 Å². The van der Waals surface area contributed by atoms with Crippen molar-refractivity contribution < 1.29 is 4.79 Å². The zero-order valence-electron chi connectivity index (χ0n) is 11.8. The lowest BCUT2D eigenvalue weighted by Crippen LogP contribution is -2.06. The molecule has 0 spiro atoms. The fraction of sp³-hybridized carbons (Fsp3) is 0.176.